The largest absolute Gasteiger partial charge is 0.293 e. The van der Waals surface area contributed by atoms with Crippen LogP contribution in [0.3, 0.4) is 0 Å². The van der Waals surface area contributed by atoms with Crippen LogP contribution >= 0.6 is 0 Å². The Balaban J connectivity index is 4.77. The summed E-state index contributed by atoms with van der Waals surface area (Å²) >= 11 is 0. The molecule has 0 N–H and O–H groups in total. The molecule has 0 aromatic rings. The van der Waals surface area contributed by atoms with E-state index in [1.54, 1.807) is 0 Å². The van der Waals surface area contributed by atoms with Crippen LogP contribution in [-0.4, -0.2) is 12.8 Å². The molecule has 0 aliphatic rings. The van der Waals surface area contributed by atoms with Gasteiger partial charge in [0, 0.05) is 18.2 Å². The van der Waals surface area contributed by atoms with Gasteiger partial charge in [0.15, 0.2) is 0 Å². The van der Waals surface area contributed by atoms with E-state index in [9.17, 15) is 0 Å². The Morgan fingerprint density at radius 1 is 1.23 bits per heavy atom. The number of hydrogen-bond acceptors (Lipinski definition) is 1. The van der Waals surface area contributed by atoms with Crippen molar-refractivity contribution in [3.8, 4) is 0 Å². The number of nitrogens with zero attached hydrogens (tertiary/aromatic N) is 1. The van der Waals surface area contributed by atoms with Crippen LogP contribution in [0.5, 0.6) is 0 Å². The fraction of sp³-hybridized carbons (Fsp3) is 0.750. The Labute approximate surface area is 83.0 Å². The molecule has 0 spiro atoms. The topological polar surface area (TPSA) is 12.4 Å². The molecule has 0 saturated heterocycles. The maximum atomic E-state index is 4.32. The molecule has 0 aliphatic carbocycles. The molecule has 0 rings (SSSR count). The first kappa shape index (κ1) is 12.4. The quantitative estimate of drug-likeness (QED) is 0.576. The zero-order valence-electron chi connectivity index (χ0n) is 10.1. The molecular formula is C12H23N. The predicted octanol–water partition coefficient (Wildman–Crippen LogP) is 3.71. The molecule has 1 heteroatoms. The van der Waals surface area contributed by atoms with Crippen molar-refractivity contribution in [2.75, 3.05) is 7.05 Å². The minimum atomic E-state index is 0.158. The molecule has 0 aromatic heterocycles. The second kappa shape index (κ2) is 4.59. The average molecular weight is 181 g/mol. The highest BCUT2D eigenvalue weighted by atomic mass is 14.7. The summed E-state index contributed by atoms with van der Waals surface area (Å²) < 4.78 is 0. The molecule has 0 aromatic carbocycles. The van der Waals surface area contributed by atoms with Gasteiger partial charge in [-0.25, -0.2) is 0 Å². The van der Waals surface area contributed by atoms with Crippen molar-refractivity contribution >= 4 is 5.71 Å². The van der Waals surface area contributed by atoms with Crippen LogP contribution in [0.25, 0.3) is 0 Å². The molecule has 1 nitrogen and oxygen atoms in total. The highest BCUT2D eigenvalue weighted by molar-refractivity contribution is 5.99. The molecule has 0 radical (unpaired) electrons. The summed E-state index contributed by atoms with van der Waals surface area (Å²) in [5.41, 5.74) is 2.74. The van der Waals surface area contributed by atoms with E-state index in [-0.39, 0.29) is 5.41 Å². The van der Waals surface area contributed by atoms with Gasteiger partial charge in [0.25, 0.3) is 0 Å². The van der Waals surface area contributed by atoms with E-state index < -0.39 is 0 Å². The monoisotopic (exact) mass is 181 g/mol. The van der Waals surface area contributed by atoms with Gasteiger partial charge in [-0.15, -0.1) is 0 Å². The van der Waals surface area contributed by atoms with Gasteiger partial charge in [-0.3, -0.25) is 4.99 Å². The standard InChI is InChI=1S/C12H23N/c1-9(2)10(3)8-11(13-7)12(4,5)6/h8-9H,1-7H3/b10-8+,13-11+. The third-order valence-corrected chi connectivity index (χ3v) is 2.28. The Morgan fingerprint density at radius 3 is 1.92 bits per heavy atom. The van der Waals surface area contributed by atoms with Gasteiger partial charge in [0.1, 0.15) is 0 Å². The lowest BCUT2D eigenvalue weighted by atomic mass is 9.87. The lowest BCUT2D eigenvalue weighted by Crippen LogP contribution is -2.18. The zero-order chi connectivity index (χ0) is 10.6. The number of rotatable bonds is 2. The summed E-state index contributed by atoms with van der Waals surface area (Å²) in [4.78, 5) is 4.32. The van der Waals surface area contributed by atoms with Gasteiger partial charge in [-0.1, -0.05) is 40.2 Å². The van der Waals surface area contributed by atoms with Gasteiger partial charge < -0.3 is 0 Å². The highest BCUT2D eigenvalue weighted by Gasteiger charge is 2.16. The van der Waals surface area contributed by atoms with Crippen molar-refractivity contribution in [1.29, 1.82) is 0 Å². The summed E-state index contributed by atoms with van der Waals surface area (Å²) in [5.74, 6) is 0.610. The second-order valence-electron chi connectivity index (χ2n) is 4.90. The third-order valence-electron chi connectivity index (χ3n) is 2.28. The van der Waals surface area contributed by atoms with Crippen LogP contribution in [0, 0.1) is 11.3 Å². The smallest absolute Gasteiger partial charge is 0.0397 e. The van der Waals surface area contributed by atoms with Crippen LogP contribution in [0.15, 0.2) is 16.6 Å². The minimum Gasteiger partial charge on any atom is -0.293 e. The molecule has 13 heavy (non-hydrogen) atoms. The molecule has 0 heterocycles. The van der Waals surface area contributed by atoms with Crippen molar-refractivity contribution in [3.63, 3.8) is 0 Å². The van der Waals surface area contributed by atoms with Gasteiger partial charge in [-0.2, -0.15) is 0 Å². The molecule has 0 atom stereocenters. The molecule has 0 saturated carbocycles. The molecule has 76 valence electrons. The van der Waals surface area contributed by atoms with E-state index in [1.807, 2.05) is 7.05 Å². The van der Waals surface area contributed by atoms with Gasteiger partial charge >= 0.3 is 0 Å². The van der Waals surface area contributed by atoms with E-state index in [0.29, 0.717) is 5.92 Å². The fourth-order valence-electron chi connectivity index (χ4n) is 0.999. The Bertz CT molecular complexity index is 214. The Morgan fingerprint density at radius 2 is 1.69 bits per heavy atom. The first-order chi connectivity index (χ1) is 5.79. The first-order valence-corrected chi connectivity index (χ1v) is 4.94. The van der Waals surface area contributed by atoms with E-state index in [0.717, 1.165) is 0 Å². The Hall–Kier alpha value is -0.590. The maximum Gasteiger partial charge on any atom is 0.0397 e. The average Bonchev–Trinajstić information content (AvgIpc) is 1.96. The predicted molar refractivity (Wildman–Crippen MR) is 61.4 cm³/mol. The molecular weight excluding hydrogens is 158 g/mol. The van der Waals surface area contributed by atoms with Crippen LogP contribution < -0.4 is 0 Å². The van der Waals surface area contributed by atoms with Crippen LogP contribution in [-0.2, 0) is 0 Å². The number of allylic oxidation sites excluding steroid dienone is 2. The summed E-state index contributed by atoms with van der Waals surface area (Å²) in [6.45, 7) is 13.2. The van der Waals surface area contributed by atoms with Crippen molar-refractivity contribution in [2.45, 2.75) is 41.5 Å². The van der Waals surface area contributed by atoms with E-state index in [2.05, 4.69) is 52.6 Å². The normalized spacial score (nSPS) is 15.4. The summed E-state index contributed by atoms with van der Waals surface area (Å²) in [6, 6.07) is 0. The molecule has 0 bridgehead atoms. The van der Waals surface area contributed by atoms with Gasteiger partial charge in [-0.05, 0) is 18.9 Å². The van der Waals surface area contributed by atoms with E-state index in [1.165, 1.54) is 11.3 Å². The van der Waals surface area contributed by atoms with Crippen LogP contribution in [0.2, 0.25) is 0 Å². The summed E-state index contributed by atoms with van der Waals surface area (Å²) in [7, 11) is 1.87. The minimum absolute atomic E-state index is 0.158. The SMILES string of the molecule is C/N=C(\C=C(/C)C(C)C)C(C)(C)C. The maximum absolute atomic E-state index is 4.32. The third kappa shape index (κ3) is 4.25. The first-order valence-electron chi connectivity index (χ1n) is 4.94. The lowest BCUT2D eigenvalue weighted by Gasteiger charge is -2.19. The highest BCUT2D eigenvalue weighted by Crippen LogP contribution is 2.19. The van der Waals surface area contributed by atoms with Crippen molar-refractivity contribution < 1.29 is 0 Å². The van der Waals surface area contributed by atoms with E-state index in [4.69, 9.17) is 0 Å². The van der Waals surface area contributed by atoms with Crippen molar-refractivity contribution in [1.82, 2.24) is 0 Å². The number of hydrogen-bond donors (Lipinski definition) is 0. The van der Waals surface area contributed by atoms with Crippen molar-refractivity contribution in [2.24, 2.45) is 16.3 Å². The zero-order valence-corrected chi connectivity index (χ0v) is 10.1. The molecule has 0 aliphatic heterocycles. The molecule has 0 fully saturated rings. The van der Waals surface area contributed by atoms with E-state index >= 15 is 0 Å². The summed E-state index contributed by atoms with van der Waals surface area (Å²) in [6.07, 6.45) is 2.21. The summed E-state index contributed by atoms with van der Waals surface area (Å²) in [5, 5.41) is 0. The second-order valence-corrected chi connectivity index (χ2v) is 4.90. The molecule has 0 unspecified atom stereocenters. The van der Waals surface area contributed by atoms with Crippen molar-refractivity contribution in [3.05, 3.63) is 11.6 Å². The van der Waals surface area contributed by atoms with Gasteiger partial charge in [0.2, 0.25) is 0 Å². The van der Waals surface area contributed by atoms with Crippen LogP contribution in [0.4, 0.5) is 0 Å². The lowest BCUT2D eigenvalue weighted by molar-refractivity contribution is 0.592. The Kier molecular flexibility index (Phi) is 4.38. The van der Waals surface area contributed by atoms with Gasteiger partial charge in [0.05, 0.1) is 0 Å². The van der Waals surface area contributed by atoms with Crippen LogP contribution in [0.1, 0.15) is 41.5 Å². The fourth-order valence-corrected chi connectivity index (χ4v) is 0.999. The number of aliphatic imine (C=N–C) groups is 1. The molecule has 0 amide bonds.